The molecule has 0 aliphatic carbocycles. The van der Waals surface area contributed by atoms with Crippen molar-refractivity contribution < 1.29 is 13.6 Å². The van der Waals surface area contributed by atoms with Crippen LogP contribution in [0.25, 0.3) is 10.2 Å². The van der Waals surface area contributed by atoms with Crippen molar-refractivity contribution in [1.29, 1.82) is 0 Å². The Morgan fingerprint density at radius 3 is 2.94 bits per heavy atom. The molecule has 0 fully saturated rings. The van der Waals surface area contributed by atoms with Crippen LogP contribution in [0.5, 0.6) is 0 Å². The number of thiazole rings is 1. The highest BCUT2D eigenvalue weighted by atomic mass is 32.1. The molecule has 0 saturated carbocycles. The lowest BCUT2D eigenvalue weighted by Crippen LogP contribution is -2.08. The average Bonchev–Trinajstić information content (AvgIpc) is 2.60. The Kier molecular flexibility index (Phi) is 2.82. The molecule has 2 rings (SSSR count). The van der Waals surface area contributed by atoms with Crippen molar-refractivity contribution in [2.24, 2.45) is 0 Å². The molecule has 1 aromatic heterocycles. The molecule has 0 saturated heterocycles. The third kappa shape index (κ3) is 2.01. The van der Waals surface area contributed by atoms with Crippen molar-refractivity contribution in [3.05, 3.63) is 23.8 Å². The van der Waals surface area contributed by atoms with E-state index < -0.39 is 11.6 Å². The molecule has 1 N–H and O–H groups in total. The SMILES string of the molecule is CCC(=O)Nc1nc2c(F)cc(F)cc2s1. The third-order valence-electron chi connectivity index (χ3n) is 1.98. The van der Waals surface area contributed by atoms with Crippen LogP contribution in [0.3, 0.4) is 0 Å². The van der Waals surface area contributed by atoms with Gasteiger partial charge in [-0.15, -0.1) is 0 Å². The van der Waals surface area contributed by atoms with E-state index in [1.54, 1.807) is 6.92 Å². The molecule has 0 aliphatic rings. The Balaban J connectivity index is 2.44. The number of anilines is 1. The highest BCUT2D eigenvalue weighted by Crippen LogP contribution is 2.28. The van der Waals surface area contributed by atoms with E-state index in [9.17, 15) is 13.6 Å². The first kappa shape index (κ1) is 10.9. The summed E-state index contributed by atoms with van der Waals surface area (Å²) >= 11 is 1.05. The van der Waals surface area contributed by atoms with E-state index in [0.29, 0.717) is 11.1 Å². The molecule has 0 unspecified atom stereocenters. The van der Waals surface area contributed by atoms with E-state index in [-0.39, 0.29) is 16.6 Å². The van der Waals surface area contributed by atoms with Crippen molar-refractivity contribution in [3.8, 4) is 0 Å². The number of halogens is 2. The third-order valence-corrected chi connectivity index (χ3v) is 2.90. The van der Waals surface area contributed by atoms with Crippen LogP contribution in [0, 0.1) is 11.6 Å². The first-order chi connectivity index (χ1) is 7.60. The van der Waals surface area contributed by atoms with Crippen LogP contribution in [0.1, 0.15) is 13.3 Å². The summed E-state index contributed by atoms with van der Waals surface area (Å²) in [4.78, 5) is 15.0. The first-order valence-corrected chi connectivity index (χ1v) is 5.47. The van der Waals surface area contributed by atoms with Crippen LogP contribution in [-0.4, -0.2) is 10.9 Å². The van der Waals surface area contributed by atoms with E-state index in [1.165, 1.54) is 6.07 Å². The molecular weight excluding hydrogens is 234 g/mol. The van der Waals surface area contributed by atoms with E-state index >= 15 is 0 Å². The monoisotopic (exact) mass is 242 g/mol. The normalized spacial score (nSPS) is 10.7. The molecule has 1 heterocycles. The molecular formula is C10H8F2N2OS. The number of carbonyl (C=O) groups excluding carboxylic acids is 1. The van der Waals surface area contributed by atoms with Crippen LogP contribution in [0.2, 0.25) is 0 Å². The van der Waals surface area contributed by atoms with E-state index in [1.807, 2.05) is 0 Å². The Morgan fingerprint density at radius 1 is 1.50 bits per heavy atom. The van der Waals surface area contributed by atoms with Gasteiger partial charge in [0.2, 0.25) is 5.91 Å². The minimum absolute atomic E-state index is 0.0813. The second kappa shape index (κ2) is 4.13. The fourth-order valence-corrected chi connectivity index (χ4v) is 2.14. The van der Waals surface area contributed by atoms with Gasteiger partial charge in [0.1, 0.15) is 11.3 Å². The largest absolute Gasteiger partial charge is 0.302 e. The van der Waals surface area contributed by atoms with Crippen molar-refractivity contribution in [3.63, 3.8) is 0 Å². The minimum Gasteiger partial charge on any atom is -0.302 e. The number of benzene rings is 1. The van der Waals surface area contributed by atoms with Crippen LogP contribution in [-0.2, 0) is 4.79 Å². The van der Waals surface area contributed by atoms with Gasteiger partial charge in [-0.1, -0.05) is 18.3 Å². The van der Waals surface area contributed by atoms with Gasteiger partial charge in [0.15, 0.2) is 10.9 Å². The summed E-state index contributed by atoms with van der Waals surface area (Å²) in [5, 5.41) is 2.79. The minimum atomic E-state index is -0.719. The lowest BCUT2D eigenvalue weighted by molar-refractivity contribution is -0.115. The lowest BCUT2D eigenvalue weighted by Gasteiger charge is -1.95. The summed E-state index contributed by atoms with van der Waals surface area (Å²) in [6.07, 6.45) is 0.312. The molecule has 0 aliphatic heterocycles. The predicted octanol–water partition coefficient (Wildman–Crippen LogP) is 2.92. The van der Waals surface area contributed by atoms with Crippen molar-refractivity contribution in [2.45, 2.75) is 13.3 Å². The topological polar surface area (TPSA) is 42.0 Å². The zero-order valence-corrected chi connectivity index (χ0v) is 9.20. The second-order valence-electron chi connectivity index (χ2n) is 3.16. The fourth-order valence-electron chi connectivity index (χ4n) is 1.22. The van der Waals surface area contributed by atoms with Gasteiger partial charge in [0, 0.05) is 12.5 Å². The number of nitrogens with zero attached hydrogens (tertiary/aromatic N) is 1. The zero-order valence-electron chi connectivity index (χ0n) is 8.38. The number of hydrogen-bond acceptors (Lipinski definition) is 3. The lowest BCUT2D eigenvalue weighted by atomic mass is 10.3. The number of rotatable bonds is 2. The van der Waals surface area contributed by atoms with Gasteiger partial charge in [-0.25, -0.2) is 13.8 Å². The maximum absolute atomic E-state index is 13.3. The van der Waals surface area contributed by atoms with Crippen LogP contribution in [0.15, 0.2) is 12.1 Å². The Morgan fingerprint density at radius 2 is 2.25 bits per heavy atom. The molecule has 16 heavy (non-hydrogen) atoms. The van der Waals surface area contributed by atoms with Crippen molar-refractivity contribution >= 4 is 32.6 Å². The molecule has 0 radical (unpaired) electrons. The van der Waals surface area contributed by atoms with E-state index in [2.05, 4.69) is 10.3 Å². The number of carbonyl (C=O) groups is 1. The molecule has 84 valence electrons. The quantitative estimate of drug-likeness (QED) is 0.879. The Labute approximate surface area is 94.1 Å². The summed E-state index contributed by atoms with van der Waals surface area (Å²) in [6.45, 7) is 1.70. The number of fused-ring (bicyclic) bond motifs is 1. The van der Waals surface area contributed by atoms with E-state index in [0.717, 1.165) is 17.4 Å². The van der Waals surface area contributed by atoms with Crippen LogP contribution in [0.4, 0.5) is 13.9 Å². The van der Waals surface area contributed by atoms with Gasteiger partial charge < -0.3 is 5.32 Å². The molecule has 3 nitrogen and oxygen atoms in total. The van der Waals surface area contributed by atoms with Crippen molar-refractivity contribution in [2.75, 3.05) is 5.32 Å². The van der Waals surface area contributed by atoms with Crippen LogP contribution < -0.4 is 5.32 Å². The highest BCUT2D eigenvalue weighted by Gasteiger charge is 2.11. The number of amides is 1. The number of hydrogen-bond donors (Lipinski definition) is 1. The van der Waals surface area contributed by atoms with Gasteiger partial charge >= 0.3 is 0 Å². The zero-order chi connectivity index (χ0) is 11.7. The fraction of sp³-hybridized carbons (Fsp3) is 0.200. The molecule has 2 aromatic rings. The molecule has 0 bridgehead atoms. The maximum Gasteiger partial charge on any atom is 0.225 e. The first-order valence-electron chi connectivity index (χ1n) is 4.65. The number of aromatic nitrogens is 1. The molecule has 1 amide bonds. The number of nitrogens with one attached hydrogen (secondary N) is 1. The van der Waals surface area contributed by atoms with Gasteiger partial charge in [-0.05, 0) is 6.07 Å². The average molecular weight is 242 g/mol. The second-order valence-corrected chi connectivity index (χ2v) is 4.19. The molecule has 0 spiro atoms. The summed E-state index contributed by atoms with van der Waals surface area (Å²) in [5.41, 5.74) is 0.0813. The van der Waals surface area contributed by atoms with Crippen LogP contribution >= 0.6 is 11.3 Å². The molecule has 6 heteroatoms. The maximum atomic E-state index is 13.3. The van der Waals surface area contributed by atoms with E-state index in [4.69, 9.17) is 0 Å². The summed E-state index contributed by atoms with van der Waals surface area (Å²) in [5.74, 6) is -1.58. The van der Waals surface area contributed by atoms with Gasteiger partial charge in [0.25, 0.3) is 0 Å². The van der Waals surface area contributed by atoms with Gasteiger partial charge in [-0.2, -0.15) is 0 Å². The summed E-state index contributed by atoms with van der Waals surface area (Å²) < 4.78 is 26.5. The standard InChI is InChI=1S/C10H8F2N2OS/c1-2-8(15)13-10-14-9-6(12)3-5(11)4-7(9)16-10/h3-4H,2H2,1H3,(H,13,14,15). The molecule has 1 aromatic carbocycles. The predicted molar refractivity (Wildman–Crippen MR) is 58.5 cm³/mol. The van der Waals surface area contributed by atoms with Gasteiger partial charge in [0.05, 0.1) is 4.70 Å². The van der Waals surface area contributed by atoms with Gasteiger partial charge in [-0.3, -0.25) is 4.79 Å². The smallest absolute Gasteiger partial charge is 0.225 e. The molecule has 0 atom stereocenters. The Bertz CT molecular complexity index is 553. The Hall–Kier alpha value is -1.56. The summed E-state index contributed by atoms with van der Waals surface area (Å²) in [6, 6.07) is 1.96. The van der Waals surface area contributed by atoms with Crippen molar-refractivity contribution in [1.82, 2.24) is 4.98 Å². The summed E-state index contributed by atoms with van der Waals surface area (Å²) in [7, 11) is 0. The highest BCUT2D eigenvalue weighted by molar-refractivity contribution is 7.22.